The summed E-state index contributed by atoms with van der Waals surface area (Å²) in [5, 5.41) is 14.0. The van der Waals surface area contributed by atoms with Gasteiger partial charge in [-0.1, -0.05) is 6.07 Å². The van der Waals surface area contributed by atoms with Gasteiger partial charge in [0.1, 0.15) is 11.6 Å². The van der Waals surface area contributed by atoms with Crippen LogP contribution in [0.2, 0.25) is 0 Å². The topological polar surface area (TPSA) is 64.9 Å². The van der Waals surface area contributed by atoms with Crippen molar-refractivity contribution < 1.29 is 13.6 Å². The highest BCUT2D eigenvalue weighted by Gasteiger charge is 2.05. The SMILES string of the molecule is N#Cc1cccc(NCC(=O)Nc2cc(F)cc(F)c2)c1. The summed E-state index contributed by atoms with van der Waals surface area (Å²) in [7, 11) is 0. The molecule has 0 spiro atoms. The maximum atomic E-state index is 13.0. The molecule has 0 saturated carbocycles. The second-order valence-corrected chi connectivity index (χ2v) is 4.25. The van der Waals surface area contributed by atoms with E-state index < -0.39 is 17.5 Å². The van der Waals surface area contributed by atoms with Gasteiger partial charge in [-0.05, 0) is 30.3 Å². The summed E-state index contributed by atoms with van der Waals surface area (Å²) in [6.45, 7) is -0.0903. The van der Waals surface area contributed by atoms with Gasteiger partial charge in [-0.15, -0.1) is 0 Å². The van der Waals surface area contributed by atoms with Crippen molar-refractivity contribution in [3.63, 3.8) is 0 Å². The van der Waals surface area contributed by atoms with Crippen LogP contribution < -0.4 is 10.6 Å². The highest BCUT2D eigenvalue weighted by atomic mass is 19.1. The van der Waals surface area contributed by atoms with Crippen LogP contribution in [-0.2, 0) is 4.79 Å². The molecular weight excluding hydrogens is 276 g/mol. The van der Waals surface area contributed by atoms with Crippen molar-refractivity contribution >= 4 is 17.3 Å². The first kappa shape index (κ1) is 14.5. The van der Waals surface area contributed by atoms with E-state index in [0.717, 1.165) is 18.2 Å². The van der Waals surface area contributed by atoms with E-state index in [2.05, 4.69) is 10.6 Å². The lowest BCUT2D eigenvalue weighted by Crippen LogP contribution is -2.21. The van der Waals surface area contributed by atoms with Crippen LogP contribution in [0.1, 0.15) is 5.56 Å². The van der Waals surface area contributed by atoms with Gasteiger partial charge in [0.05, 0.1) is 18.2 Å². The van der Waals surface area contributed by atoms with Crippen LogP contribution in [0.15, 0.2) is 42.5 Å². The van der Waals surface area contributed by atoms with Crippen LogP contribution in [-0.4, -0.2) is 12.5 Å². The number of benzene rings is 2. The van der Waals surface area contributed by atoms with Crippen LogP contribution in [0.3, 0.4) is 0 Å². The fraction of sp³-hybridized carbons (Fsp3) is 0.0667. The van der Waals surface area contributed by atoms with Gasteiger partial charge in [-0.25, -0.2) is 8.78 Å². The lowest BCUT2D eigenvalue weighted by molar-refractivity contribution is -0.114. The molecule has 2 rings (SSSR count). The first-order valence-corrected chi connectivity index (χ1v) is 6.07. The van der Waals surface area contributed by atoms with Crippen LogP contribution in [0, 0.1) is 23.0 Å². The van der Waals surface area contributed by atoms with Gasteiger partial charge in [0.25, 0.3) is 0 Å². The molecule has 0 heterocycles. The summed E-state index contributed by atoms with van der Waals surface area (Å²) in [4.78, 5) is 11.7. The zero-order valence-corrected chi connectivity index (χ0v) is 10.9. The van der Waals surface area contributed by atoms with E-state index in [4.69, 9.17) is 5.26 Å². The number of hydrogen-bond donors (Lipinski definition) is 2. The lowest BCUT2D eigenvalue weighted by atomic mass is 10.2. The van der Waals surface area contributed by atoms with Gasteiger partial charge < -0.3 is 10.6 Å². The normalized spacial score (nSPS) is 9.76. The first-order valence-electron chi connectivity index (χ1n) is 6.07. The summed E-state index contributed by atoms with van der Waals surface area (Å²) >= 11 is 0. The van der Waals surface area contributed by atoms with Gasteiger partial charge in [-0.2, -0.15) is 5.26 Å². The Morgan fingerprint density at radius 3 is 2.48 bits per heavy atom. The number of carbonyl (C=O) groups excluding carboxylic acids is 1. The first-order chi connectivity index (χ1) is 10.1. The molecule has 2 N–H and O–H groups in total. The molecular formula is C15H11F2N3O. The van der Waals surface area contributed by atoms with E-state index in [9.17, 15) is 13.6 Å². The quantitative estimate of drug-likeness (QED) is 0.908. The predicted molar refractivity (Wildman–Crippen MR) is 74.6 cm³/mol. The van der Waals surface area contributed by atoms with E-state index in [-0.39, 0.29) is 12.2 Å². The molecule has 4 nitrogen and oxygen atoms in total. The average molecular weight is 287 g/mol. The lowest BCUT2D eigenvalue weighted by Gasteiger charge is -2.08. The molecule has 0 radical (unpaired) electrons. The summed E-state index contributed by atoms with van der Waals surface area (Å²) in [5.74, 6) is -1.98. The Morgan fingerprint density at radius 2 is 1.81 bits per heavy atom. The molecule has 0 fully saturated rings. The minimum Gasteiger partial charge on any atom is -0.376 e. The zero-order valence-electron chi connectivity index (χ0n) is 10.9. The number of hydrogen-bond acceptors (Lipinski definition) is 3. The number of nitrogens with one attached hydrogen (secondary N) is 2. The van der Waals surface area contributed by atoms with Crippen LogP contribution >= 0.6 is 0 Å². The number of halogens is 2. The van der Waals surface area contributed by atoms with Crippen molar-refractivity contribution in [3.8, 4) is 6.07 Å². The number of rotatable bonds is 4. The summed E-state index contributed by atoms with van der Waals surface area (Å²) in [6.07, 6.45) is 0. The van der Waals surface area contributed by atoms with Gasteiger partial charge in [0.2, 0.25) is 5.91 Å². The van der Waals surface area contributed by atoms with E-state index in [1.165, 1.54) is 0 Å². The zero-order chi connectivity index (χ0) is 15.2. The largest absolute Gasteiger partial charge is 0.376 e. The van der Waals surface area contributed by atoms with E-state index in [1.807, 2.05) is 6.07 Å². The fourth-order valence-electron chi connectivity index (χ4n) is 1.71. The van der Waals surface area contributed by atoms with Crippen molar-refractivity contribution in [2.24, 2.45) is 0 Å². The highest BCUT2D eigenvalue weighted by molar-refractivity contribution is 5.93. The average Bonchev–Trinajstić information content (AvgIpc) is 2.44. The number of nitriles is 1. The number of carbonyl (C=O) groups is 1. The Kier molecular flexibility index (Phi) is 4.46. The second-order valence-electron chi connectivity index (χ2n) is 4.25. The molecule has 1 amide bonds. The molecule has 0 aliphatic heterocycles. The molecule has 2 aromatic carbocycles. The van der Waals surface area contributed by atoms with Crippen LogP contribution in [0.5, 0.6) is 0 Å². The Morgan fingerprint density at radius 1 is 1.10 bits per heavy atom. The maximum absolute atomic E-state index is 13.0. The van der Waals surface area contributed by atoms with E-state index >= 15 is 0 Å². The summed E-state index contributed by atoms with van der Waals surface area (Å²) in [6, 6.07) is 11.4. The fourth-order valence-corrected chi connectivity index (χ4v) is 1.71. The third-order valence-electron chi connectivity index (χ3n) is 2.59. The molecule has 21 heavy (non-hydrogen) atoms. The smallest absolute Gasteiger partial charge is 0.243 e. The molecule has 0 unspecified atom stereocenters. The standard InChI is InChI=1S/C15H11F2N3O/c16-11-5-12(17)7-14(6-11)20-15(21)9-19-13-3-1-2-10(4-13)8-18/h1-7,19H,9H2,(H,20,21). The Bertz CT molecular complexity index is 690. The minimum atomic E-state index is -0.764. The Balaban J connectivity index is 1.94. The molecule has 0 atom stereocenters. The molecule has 0 bridgehead atoms. The van der Waals surface area contributed by atoms with Gasteiger partial charge in [0.15, 0.2) is 0 Å². The number of anilines is 2. The summed E-state index contributed by atoms with van der Waals surface area (Å²) < 4.78 is 26.0. The molecule has 6 heteroatoms. The van der Waals surface area contributed by atoms with Crippen molar-refractivity contribution in [1.82, 2.24) is 0 Å². The van der Waals surface area contributed by atoms with Crippen molar-refractivity contribution in [2.75, 3.05) is 17.2 Å². The van der Waals surface area contributed by atoms with Gasteiger partial charge in [0, 0.05) is 17.4 Å². The third-order valence-corrected chi connectivity index (χ3v) is 2.59. The number of nitrogens with zero attached hydrogens (tertiary/aromatic N) is 1. The molecule has 0 aliphatic carbocycles. The maximum Gasteiger partial charge on any atom is 0.243 e. The van der Waals surface area contributed by atoms with Crippen LogP contribution in [0.4, 0.5) is 20.2 Å². The van der Waals surface area contributed by atoms with Crippen molar-refractivity contribution in [1.29, 1.82) is 5.26 Å². The molecule has 0 aromatic heterocycles. The molecule has 0 saturated heterocycles. The number of amides is 1. The minimum absolute atomic E-state index is 0.0464. The van der Waals surface area contributed by atoms with E-state index in [1.54, 1.807) is 24.3 Å². The highest BCUT2D eigenvalue weighted by Crippen LogP contribution is 2.13. The van der Waals surface area contributed by atoms with Crippen molar-refractivity contribution in [3.05, 3.63) is 59.7 Å². The third kappa shape index (κ3) is 4.28. The molecule has 0 aliphatic rings. The Labute approximate surface area is 120 Å². The monoisotopic (exact) mass is 287 g/mol. The Hall–Kier alpha value is -2.94. The van der Waals surface area contributed by atoms with Crippen molar-refractivity contribution in [2.45, 2.75) is 0 Å². The van der Waals surface area contributed by atoms with E-state index in [0.29, 0.717) is 11.3 Å². The summed E-state index contributed by atoms with van der Waals surface area (Å²) in [5.41, 5.74) is 1.12. The second kappa shape index (κ2) is 6.48. The molecule has 106 valence electrons. The molecule has 2 aromatic rings. The van der Waals surface area contributed by atoms with Gasteiger partial charge >= 0.3 is 0 Å². The predicted octanol–water partition coefficient (Wildman–Crippen LogP) is 2.89. The van der Waals surface area contributed by atoms with Crippen LogP contribution in [0.25, 0.3) is 0 Å². The van der Waals surface area contributed by atoms with Gasteiger partial charge in [-0.3, -0.25) is 4.79 Å².